The summed E-state index contributed by atoms with van der Waals surface area (Å²) in [6.45, 7) is 0. The number of nitrogens with zero attached hydrogens (tertiary/aromatic N) is 1. The van der Waals surface area contributed by atoms with Gasteiger partial charge in [0.2, 0.25) is 0 Å². The average Bonchev–Trinajstić information content (AvgIpc) is 2.87. The molecule has 0 aromatic heterocycles. The number of hydrogen-bond donors (Lipinski definition) is 2. The summed E-state index contributed by atoms with van der Waals surface area (Å²) in [5.74, 6) is -1.92. The van der Waals surface area contributed by atoms with Crippen LogP contribution in [-0.4, -0.2) is 27.4 Å². The Bertz CT molecular complexity index is 611. The Balaban J connectivity index is 2.35. The molecule has 0 radical (unpaired) electrons. The van der Waals surface area contributed by atoms with Gasteiger partial charge in [-0.25, -0.2) is 4.79 Å². The molecule has 0 spiro atoms. The van der Waals surface area contributed by atoms with Gasteiger partial charge in [0.1, 0.15) is 16.1 Å². The fourth-order valence-electron chi connectivity index (χ4n) is 2.54. The van der Waals surface area contributed by atoms with Gasteiger partial charge in [0.25, 0.3) is 5.91 Å². The predicted molar refractivity (Wildman–Crippen MR) is 74.4 cm³/mol. The third-order valence-corrected chi connectivity index (χ3v) is 3.94. The first-order chi connectivity index (χ1) is 9.87. The number of carbonyl (C=O) groups excluding carboxylic acids is 1. The zero-order chi connectivity index (χ0) is 15.6. The Morgan fingerprint density at radius 1 is 1.33 bits per heavy atom. The number of carboxylic acid groups (broad SMARTS) is 1. The highest BCUT2D eigenvalue weighted by atomic mass is 35.5. The quantitative estimate of drug-likeness (QED) is 0.655. The van der Waals surface area contributed by atoms with E-state index in [4.69, 9.17) is 11.6 Å². The van der Waals surface area contributed by atoms with Crippen molar-refractivity contribution in [1.29, 1.82) is 0 Å². The van der Waals surface area contributed by atoms with E-state index in [1.807, 2.05) is 0 Å². The van der Waals surface area contributed by atoms with Crippen molar-refractivity contribution in [3.63, 3.8) is 0 Å². The van der Waals surface area contributed by atoms with Gasteiger partial charge in [-0.05, 0) is 25.0 Å². The maximum atomic E-state index is 12.3. The van der Waals surface area contributed by atoms with Crippen molar-refractivity contribution in [3.05, 3.63) is 38.9 Å². The van der Waals surface area contributed by atoms with Crippen molar-refractivity contribution in [2.75, 3.05) is 0 Å². The maximum Gasteiger partial charge on any atom is 0.329 e. The van der Waals surface area contributed by atoms with Gasteiger partial charge in [-0.15, -0.1) is 0 Å². The molecule has 1 saturated carbocycles. The van der Waals surface area contributed by atoms with E-state index in [1.54, 1.807) is 0 Å². The summed E-state index contributed by atoms with van der Waals surface area (Å²) in [5.41, 5.74) is -2.11. The Morgan fingerprint density at radius 3 is 2.48 bits per heavy atom. The largest absolute Gasteiger partial charge is 0.480 e. The van der Waals surface area contributed by atoms with E-state index in [1.165, 1.54) is 18.2 Å². The molecule has 1 fully saturated rings. The fourth-order valence-corrected chi connectivity index (χ4v) is 2.78. The summed E-state index contributed by atoms with van der Waals surface area (Å²) in [6.07, 6.45) is 1.99. The van der Waals surface area contributed by atoms with Gasteiger partial charge < -0.3 is 10.4 Å². The van der Waals surface area contributed by atoms with E-state index in [9.17, 15) is 24.8 Å². The summed E-state index contributed by atoms with van der Waals surface area (Å²) in [5, 5.41) is 22.6. The molecule has 0 bridgehead atoms. The van der Waals surface area contributed by atoms with Gasteiger partial charge in [-0.3, -0.25) is 14.9 Å². The second kappa shape index (κ2) is 5.69. The molecular formula is C13H13ClN2O5. The minimum Gasteiger partial charge on any atom is -0.480 e. The summed E-state index contributed by atoms with van der Waals surface area (Å²) in [6, 6.07) is 3.97. The van der Waals surface area contributed by atoms with Crippen molar-refractivity contribution < 1.29 is 19.6 Å². The summed E-state index contributed by atoms with van der Waals surface area (Å²) in [4.78, 5) is 33.9. The SMILES string of the molecule is O=C(NC1(C(=O)O)CCCC1)c1cccc(Cl)c1[N+](=O)[O-]. The fraction of sp³-hybridized carbons (Fsp3) is 0.385. The molecule has 0 unspecified atom stereocenters. The maximum absolute atomic E-state index is 12.3. The molecule has 8 heteroatoms. The molecule has 0 atom stereocenters. The first-order valence-corrected chi connectivity index (χ1v) is 6.74. The number of carboxylic acids is 1. The highest BCUT2D eigenvalue weighted by Crippen LogP contribution is 2.32. The number of nitro benzene ring substituents is 1. The molecule has 1 aromatic rings. The van der Waals surface area contributed by atoms with Crippen LogP contribution in [0.4, 0.5) is 5.69 Å². The number of aliphatic carboxylic acids is 1. The number of carbonyl (C=O) groups is 2. The third kappa shape index (κ3) is 2.82. The van der Waals surface area contributed by atoms with Crippen molar-refractivity contribution >= 4 is 29.2 Å². The second-order valence-electron chi connectivity index (χ2n) is 4.94. The molecular weight excluding hydrogens is 300 g/mol. The van der Waals surface area contributed by atoms with Crippen molar-refractivity contribution in [2.45, 2.75) is 31.2 Å². The van der Waals surface area contributed by atoms with Crippen LogP contribution in [0.25, 0.3) is 0 Å². The summed E-state index contributed by atoms with van der Waals surface area (Å²) >= 11 is 5.74. The lowest BCUT2D eigenvalue weighted by molar-refractivity contribution is -0.385. The van der Waals surface area contributed by atoms with Crippen molar-refractivity contribution in [1.82, 2.24) is 5.32 Å². The molecule has 1 aromatic carbocycles. The Morgan fingerprint density at radius 2 is 1.95 bits per heavy atom. The van der Waals surface area contributed by atoms with Gasteiger partial charge >= 0.3 is 11.7 Å². The average molecular weight is 313 g/mol. The van der Waals surface area contributed by atoms with Crippen LogP contribution in [0.3, 0.4) is 0 Å². The van der Waals surface area contributed by atoms with Crippen LogP contribution in [0.2, 0.25) is 5.02 Å². The van der Waals surface area contributed by atoms with Crippen LogP contribution in [0.1, 0.15) is 36.0 Å². The lowest BCUT2D eigenvalue weighted by atomic mass is 9.97. The van der Waals surface area contributed by atoms with Crippen molar-refractivity contribution in [3.8, 4) is 0 Å². The summed E-state index contributed by atoms with van der Waals surface area (Å²) in [7, 11) is 0. The highest BCUT2D eigenvalue weighted by molar-refractivity contribution is 6.33. The molecule has 1 aliphatic rings. The van der Waals surface area contributed by atoms with Gasteiger partial charge in [0, 0.05) is 0 Å². The third-order valence-electron chi connectivity index (χ3n) is 3.63. The molecule has 0 saturated heterocycles. The van der Waals surface area contributed by atoms with Crippen molar-refractivity contribution in [2.24, 2.45) is 0 Å². The van der Waals surface area contributed by atoms with E-state index >= 15 is 0 Å². The lowest BCUT2D eigenvalue weighted by Crippen LogP contribution is -2.52. The number of hydrogen-bond acceptors (Lipinski definition) is 4. The number of para-hydroxylation sites is 1. The van der Waals surface area contributed by atoms with Gasteiger partial charge in [0.05, 0.1) is 4.92 Å². The Kier molecular flexibility index (Phi) is 4.13. The van der Waals surface area contributed by atoms with Gasteiger partial charge in [-0.1, -0.05) is 30.5 Å². The molecule has 2 N–H and O–H groups in total. The molecule has 1 aliphatic carbocycles. The first-order valence-electron chi connectivity index (χ1n) is 6.36. The zero-order valence-corrected chi connectivity index (χ0v) is 11.7. The standard InChI is InChI=1S/C13H13ClN2O5/c14-9-5-3-4-8(10(9)16(20)21)11(17)15-13(12(18)19)6-1-2-7-13/h3-5H,1-2,6-7H2,(H,15,17)(H,18,19). The smallest absolute Gasteiger partial charge is 0.329 e. The number of amides is 1. The first kappa shape index (κ1) is 15.2. The predicted octanol–water partition coefficient (Wildman–Crippen LogP) is 2.38. The molecule has 21 heavy (non-hydrogen) atoms. The van der Waals surface area contributed by atoms with Crippen LogP contribution in [0, 0.1) is 10.1 Å². The number of nitro groups is 1. The van der Waals surface area contributed by atoms with Crippen LogP contribution >= 0.6 is 11.6 Å². The summed E-state index contributed by atoms with van der Waals surface area (Å²) < 4.78 is 0. The number of nitrogens with one attached hydrogen (secondary N) is 1. The van der Waals surface area contributed by atoms with E-state index in [2.05, 4.69) is 5.32 Å². The van der Waals surface area contributed by atoms with E-state index in [-0.39, 0.29) is 10.6 Å². The molecule has 112 valence electrons. The Hall–Kier alpha value is -2.15. The zero-order valence-electron chi connectivity index (χ0n) is 11.0. The monoisotopic (exact) mass is 312 g/mol. The lowest BCUT2D eigenvalue weighted by Gasteiger charge is -2.25. The number of rotatable bonds is 4. The van der Waals surface area contributed by atoms with Crippen LogP contribution < -0.4 is 5.32 Å². The Labute approximate surface area is 125 Å². The van der Waals surface area contributed by atoms with Gasteiger partial charge in [0.15, 0.2) is 0 Å². The number of benzene rings is 1. The molecule has 0 heterocycles. The van der Waals surface area contributed by atoms with Crippen LogP contribution in [0.15, 0.2) is 18.2 Å². The van der Waals surface area contributed by atoms with E-state index in [0.29, 0.717) is 25.7 Å². The molecule has 7 nitrogen and oxygen atoms in total. The molecule has 1 amide bonds. The van der Waals surface area contributed by atoms with E-state index in [0.717, 1.165) is 0 Å². The molecule has 2 rings (SSSR count). The topological polar surface area (TPSA) is 110 Å². The second-order valence-corrected chi connectivity index (χ2v) is 5.35. The minimum atomic E-state index is -1.35. The van der Waals surface area contributed by atoms with Gasteiger partial charge in [-0.2, -0.15) is 0 Å². The minimum absolute atomic E-state index is 0.163. The normalized spacial score (nSPS) is 16.4. The highest BCUT2D eigenvalue weighted by Gasteiger charge is 2.43. The van der Waals surface area contributed by atoms with Crippen LogP contribution in [0.5, 0.6) is 0 Å². The van der Waals surface area contributed by atoms with Crippen LogP contribution in [-0.2, 0) is 4.79 Å². The molecule has 0 aliphatic heterocycles. The number of halogens is 1. The van der Waals surface area contributed by atoms with E-state index < -0.39 is 28.0 Å².